The molecule has 0 spiro atoms. The van der Waals surface area contributed by atoms with Gasteiger partial charge in [-0.3, -0.25) is 0 Å². The lowest BCUT2D eigenvalue weighted by atomic mass is 9.68. The second-order valence-electron chi connectivity index (χ2n) is 6.09. The van der Waals surface area contributed by atoms with Crippen LogP contribution in [0.2, 0.25) is 0 Å². The van der Waals surface area contributed by atoms with Crippen LogP contribution in [0.5, 0.6) is 0 Å². The van der Waals surface area contributed by atoms with Crippen molar-refractivity contribution in [3.63, 3.8) is 0 Å². The third-order valence-corrected chi connectivity index (χ3v) is 4.46. The van der Waals surface area contributed by atoms with Gasteiger partial charge >= 0.3 is 0 Å². The highest BCUT2D eigenvalue weighted by Gasteiger charge is 2.32. The molecule has 128 valence electrons. The smallest absolute Gasteiger partial charge is 0.0197 e. The van der Waals surface area contributed by atoms with Gasteiger partial charge in [0.1, 0.15) is 0 Å². The maximum absolute atomic E-state index is 2.35. The van der Waals surface area contributed by atoms with Crippen LogP contribution in [-0.4, -0.2) is 0 Å². The molecule has 0 bridgehead atoms. The Morgan fingerprint density at radius 1 is 0.609 bits per heavy atom. The zero-order valence-electron chi connectivity index (χ0n) is 16.7. The predicted molar refractivity (Wildman–Crippen MR) is 106 cm³/mol. The lowest BCUT2D eigenvalue weighted by molar-refractivity contribution is 0.405. The van der Waals surface area contributed by atoms with Gasteiger partial charge < -0.3 is 0 Å². The summed E-state index contributed by atoms with van der Waals surface area (Å²) >= 11 is 0. The van der Waals surface area contributed by atoms with Gasteiger partial charge in [-0.2, -0.15) is 0 Å². The predicted octanol–water partition coefficient (Wildman–Crippen LogP) is 7.32. The Labute approximate surface area is 145 Å². The van der Waals surface area contributed by atoms with Crippen LogP contribution in [0, 0.1) is 19.8 Å². The molecular formula is C23H36. The van der Waals surface area contributed by atoms with E-state index in [-0.39, 0.29) is 5.41 Å². The molecule has 0 saturated heterocycles. The van der Waals surface area contributed by atoms with Crippen molar-refractivity contribution in [3.8, 4) is 0 Å². The van der Waals surface area contributed by atoms with Crippen molar-refractivity contribution in [2.24, 2.45) is 5.92 Å². The van der Waals surface area contributed by atoms with Crippen LogP contribution < -0.4 is 0 Å². The summed E-state index contributed by atoms with van der Waals surface area (Å²) in [5, 5.41) is 0. The molecule has 0 unspecified atom stereocenters. The van der Waals surface area contributed by atoms with Gasteiger partial charge in [0.2, 0.25) is 0 Å². The Kier molecular flexibility index (Phi) is 9.56. The third-order valence-electron chi connectivity index (χ3n) is 4.46. The molecule has 0 heteroatoms. The van der Waals surface area contributed by atoms with Gasteiger partial charge in [-0.1, -0.05) is 108 Å². The van der Waals surface area contributed by atoms with Crippen molar-refractivity contribution in [2.45, 2.75) is 67.7 Å². The van der Waals surface area contributed by atoms with Gasteiger partial charge in [-0.15, -0.1) is 0 Å². The number of aryl methyl sites for hydroxylation is 2. The van der Waals surface area contributed by atoms with Crippen molar-refractivity contribution < 1.29 is 0 Å². The van der Waals surface area contributed by atoms with E-state index < -0.39 is 0 Å². The molecule has 0 aliphatic heterocycles. The Morgan fingerprint density at radius 2 is 0.870 bits per heavy atom. The van der Waals surface area contributed by atoms with E-state index in [4.69, 9.17) is 0 Å². The van der Waals surface area contributed by atoms with Crippen LogP contribution in [0.1, 0.15) is 70.7 Å². The molecule has 0 aromatic heterocycles. The van der Waals surface area contributed by atoms with Gasteiger partial charge in [0, 0.05) is 5.41 Å². The fourth-order valence-corrected chi connectivity index (χ4v) is 2.63. The molecule has 0 amide bonds. The summed E-state index contributed by atoms with van der Waals surface area (Å²) in [6, 6.07) is 17.9. The fraction of sp³-hybridized carbons (Fsp3) is 0.478. The minimum atomic E-state index is 0.0708. The molecule has 0 fully saturated rings. The maximum Gasteiger partial charge on any atom is 0.0197 e. The topological polar surface area (TPSA) is 0 Å². The van der Waals surface area contributed by atoms with Crippen LogP contribution in [0.3, 0.4) is 0 Å². The lowest BCUT2D eigenvalue weighted by Crippen LogP contribution is -2.30. The standard InChI is InChI=1S/C19H24.2C2H6/c1-14(2)19(5,17-10-6-15(3)7-11-17)18-12-8-16(4)9-13-18;2*1-2/h6-14H,1-5H3;2*1-2H3. The van der Waals surface area contributed by atoms with Gasteiger partial charge in [0.25, 0.3) is 0 Å². The first-order chi connectivity index (χ1) is 10.9. The summed E-state index contributed by atoms with van der Waals surface area (Å²) in [4.78, 5) is 0. The highest BCUT2D eigenvalue weighted by atomic mass is 14.3. The summed E-state index contributed by atoms with van der Waals surface area (Å²) in [6.45, 7) is 19.2. The van der Waals surface area contributed by atoms with E-state index >= 15 is 0 Å². The minimum Gasteiger partial charge on any atom is -0.0683 e. The van der Waals surface area contributed by atoms with Gasteiger partial charge in [0.15, 0.2) is 0 Å². The van der Waals surface area contributed by atoms with Crippen molar-refractivity contribution in [3.05, 3.63) is 70.8 Å². The normalized spacial score (nSPS) is 10.3. The zero-order valence-corrected chi connectivity index (χ0v) is 16.7. The maximum atomic E-state index is 2.35. The first-order valence-corrected chi connectivity index (χ1v) is 9.09. The highest BCUT2D eigenvalue weighted by Crippen LogP contribution is 2.38. The second kappa shape index (κ2) is 10.3. The molecule has 2 rings (SSSR count). The first-order valence-electron chi connectivity index (χ1n) is 9.09. The van der Waals surface area contributed by atoms with E-state index in [1.54, 1.807) is 0 Å². The molecule has 0 aliphatic rings. The Bertz CT molecular complexity index is 484. The van der Waals surface area contributed by atoms with Crippen LogP contribution in [0.15, 0.2) is 48.5 Å². The number of benzene rings is 2. The van der Waals surface area contributed by atoms with Crippen molar-refractivity contribution in [2.75, 3.05) is 0 Å². The average Bonchev–Trinajstić information content (AvgIpc) is 2.59. The quantitative estimate of drug-likeness (QED) is 0.557. The van der Waals surface area contributed by atoms with Crippen molar-refractivity contribution >= 4 is 0 Å². The molecule has 2 aromatic carbocycles. The summed E-state index contributed by atoms with van der Waals surface area (Å²) in [6.07, 6.45) is 0. The molecular weight excluding hydrogens is 276 g/mol. The van der Waals surface area contributed by atoms with Crippen molar-refractivity contribution in [1.29, 1.82) is 0 Å². The number of hydrogen-bond acceptors (Lipinski definition) is 0. The van der Waals surface area contributed by atoms with Crippen LogP contribution >= 0.6 is 0 Å². The molecule has 2 aromatic rings. The summed E-state index contributed by atoms with van der Waals surface area (Å²) in [5.41, 5.74) is 5.51. The molecule has 0 heterocycles. The summed E-state index contributed by atoms with van der Waals surface area (Å²) in [7, 11) is 0. The van der Waals surface area contributed by atoms with E-state index in [2.05, 4.69) is 83.1 Å². The van der Waals surface area contributed by atoms with E-state index in [9.17, 15) is 0 Å². The number of hydrogen-bond donors (Lipinski definition) is 0. The molecule has 23 heavy (non-hydrogen) atoms. The van der Waals surface area contributed by atoms with Crippen LogP contribution in [0.4, 0.5) is 0 Å². The van der Waals surface area contributed by atoms with Gasteiger partial charge in [0.05, 0.1) is 0 Å². The van der Waals surface area contributed by atoms with Gasteiger partial charge in [-0.25, -0.2) is 0 Å². The van der Waals surface area contributed by atoms with E-state index in [1.807, 2.05) is 27.7 Å². The Hall–Kier alpha value is -1.56. The van der Waals surface area contributed by atoms with E-state index in [0.717, 1.165) is 0 Å². The van der Waals surface area contributed by atoms with E-state index in [0.29, 0.717) is 5.92 Å². The fourth-order valence-electron chi connectivity index (χ4n) is 2.63. The highest BCUT2D eigenvalue weighted by molar-refractivity contribution is 5.41. The Morgan fingerprint density at radius 3 is 1.09 bits per heavy atom. The summed E-state index contributed by atoms with van der Waals surface area (Å²) < 4.78 is 0. The molecule has 0 aliphatic carbocycles. The third kappa shape index (κ3) is 5.23. The first kappa shape index (κ1) is 21.4. The second-order valence-corrected chi connectivity index (χ2v) is 6.09. The molecule has 0 N–H and O–H groups in total. The molecule has 0 saturated carbocycles. The molecule has 0 radical (unpaired) electrons. The largest absolute Gasteiger partial charge is 0.0683 e. The zero-order chi connectivity index (χ0) is 18.0. The lowest BCUT2D eigenvalue weighted by Gasteiger charge is -2.35. The molecule has 0 nitrogen and oxygen atoms in total. The summed E-state index contributed by atoms with van der Waals surface area (Å²) in [5.74, 6) is 0.554. The Balaban J connectivity index is 0.00000112. The van der Waals surface area contributed by atoms with Crippen LogP contribution in [0.25, 0.3) is 0 Å². The van der Waals surface area contributed by atoms with Crippen LogP contribution in [-0.2, 0) is 5.41 Å². The van der Waals surface area contributed by atoms with Gasteiger partial charge in [-0.05, 0) is 30.9 Å². The SMILES string of the molecule is CC.CC.Cc1ccc(C(C)(c2ccc(C)cc2)C(C)C)cc1. The van der Waals surface area contributed by atoms with E-state index in [1.165, 1.54) is 22.3 Å². The number of rotatable bonds is 3. The average molecular weight is 313 g/mol. The minimum absolute atomic E-state index is 0.0708. The monoisotopic (exact) mass is 312 g/mol. The molecule has 0 atom stereocenters. The van der Waals surface area contributed by atoms with Crippen molar-refractivity contribution in [1.82, 2.24) is 0 Å².